The van der Waals surface area contributed by atoms with Crippen molar-refractivity contribution in [2.75, 3.05) is 0 Å². The molecule has 0 unspecified atom stereocenters. The molecule has 0 N–H and O–H groups in total. The van der Waals surface area contributed by atoms with Crippen LogP contribution in [0.3, 0.4) is 0 Å². The fourth-order valence-electron chi connectivity index (χ4n) is 2.21. The third kappa shape index (κ3) is 3.14. The van der Waals surface area contributed by atoms with Gasteiger partial charge in [-0.15, -0.1) is 0 Å². The minimum absolute atomic E-state index is 0.266. The van der Waals surface area contributed by atoms with Crippen molar-refractivity contribution in [3.05, 3.63) is 80.9 Å². The van der Waals surface area contributed by atoms with Gasteiger partial charge in [-0.1, -0.05) is 42.1 Å². The van der Waals surface area contributed by atoms with E-state index >= 15 is 0 Å². The van der Waals surface area contributed by atoms with Gasteiger partial charge in [0.05, 0.1) is 20.8 Å². The first-order chi connectivity index (χ1) is 11.0. The average Bonchev–Trinajstić information content (AvgIpc) is 2.54. The van der Waals surface area contributed by atoms with Crippen LogP contribution in [0.5, 0.6) is 0 Å². The molecule has 3 aromatic rings. The van der Waals surface area contributed by atoms with Crippen molar-refractivity contribution in [1.82, 2.24) is 0 Å². The molecule has 3 aromatic carbocycles. The SMILES string of the molecule is O=[N+]([O-])c1ccc(Sc2ccc3ccccc3c2)c([N+](=O)[O-])c1. The van der Waals surface area contributed by atoms with Gasteiger partial charge in [-0.05, 0) is 29.0 Å². The van der Waals surface area contributed by atoms with Crippen LogP contribution in [0, 0.1) is 20.2 Å². The van der Waals surface area contributed by atoms with Gasteiger partial charge < -0.3 is 0 Å². The minimum Gasteiger partial charge on any atom is -0.258 e. The molecule has 0 fully saturated rings. The van der Waals surface area contributed by atoms with E-state index in [4.69, 9.17) is 0 Å². The van der Waals surface area contributed by atoms with Crippen molar-refractivity contribution >= 4 is 33.9 Å². The van der Waals surface area contributed by atoms with Crippen LogP contribution < -0.4 is 0 Å². The van der Waals surface area contributed by atoms with E-state index in [0.29, 0.717) is 4.90 Å². The second kappa shape index (κ2) is 6.05. The number of fused-ring (bicyclic) bond motifs is 1. The van der Waals surface area contributed by atoms with E-state index in [1.807, 2.05) is 42.5 Å². The average molecular weight is 326 g/mol. The van der Waals surface area contributed by atoms with Crippen LogP contribution in [-0.2, 0) is 0 Å². The molecule has 3 rings (SSSR count). The lowest BCUT2D eigenvalue weighted by Crippen LogP contribution is -1.94. The van der Waals surface area contributed by atoms with Gasteiger partial charge in [-0.25, -0.2) is 0 Å². The normalized spacial score (nSPS) is 10.6. The quantitative estimate of drug-likeness (QED) is 0.507. The topological polar surface area (TPSA) is 86.3 Å². The Bertz CT molecular complexity index is 927. The van der Waals surface area contributed by atoms with Gasteiger partial charge in [-0.3, -0.25) is 20.2 Å². The summed E-state index contributed by atoms with van der Waals surface area (Å²) in [4.78, 5) is 21.9. The molecule has 6 nitrogen and oxygen atoms in total. The first kappa shape index (κ1) is 15.0. The van der Waals surface area contributed by atoms with Crippen LogP contribution >= 0.6 is 11.8 Å². The van der Waals surface area contributed by atoms with E-state index in [0.717, 1.165) is 21.7 Å². The Morgan fingerprint density at radius 1 is 0.783 bits per heavy atom. The molecule has 0 aromatic heterocycles. The smallest absolute Gasteiger partial charge is 0.258 e. The van der Waals surface area contributed by atoms with Crippen molar-refractivity contribution < 1.29 is 9.85 Å². The van der Waals surface area contributed by atoms with Gasteiger partial charge in [0.15, 0.2) is 0 Å². The molecule has 0 aliphatic heterocycles. The molecule has 7 heteroatoms. The molecule has 0 heterocycles. The van der Waals surface area contributed by atoms with Gasteiger partial charge in [0.1, 0.15) is 0 Å². The Morgan fingerprint density at radius 2 is 1.52 bits per heavy atom. The van der Waals surface area contributed by atoms with Crippen LogP contribution in [-0.4, -0.2) is 9.85 Å². The maximum atomic E-state index is 11.2. The Balaban J connectivity index is 2.00. The third-order valence-electron chi connectivity index (χ3n) is 3.30. The molecule has 0 atom stereocenters. The van der Waals surface area contributed by atoms with Crippen LogP contribution in [0.1, 0.15) is 0 Å². The van der Waals surface area contributed by atoms with E-state index in [-0.39, 0.29) is 11.4 Å². The predicted octanol–water partition coefficient (Wildman–Crippen LogP) is 4.81. The zero-order valence-corrected chi connectivity index (χ0v) is 12.5. The summed E-state index contributed by atoms with van der Waals surface area (Å²) < 4.78 is 0. The standard InChI is InChI=1S/C16H10N2O4S/c19-17(20)13-6-8-16(15(10-13)18(21)22)23-14-7-5-11-3-1-2-4-12(11)9-14/h1-10H. The molecular weight excluding hydrogens is 316 g/mol. The molecule has 0 saturated carbocycles. The lowest BCUT2D eigenvalue weighted by atomic mass is 10.1. The highest BCUT2D eigenvalue weighted by molar-refractivity contribution is 7.99. The highest BCUT2D eigenvalue weighted by Crippen LogP contribution is 2.37. The lowest BCUT2D eigenvalue weighted by Gasteiger charge is -2.05. The van der Waals surface area contributed by atoms with Gasteiger partial charge in [0, 0.05) is 11.0 Å². The summed E-state index contributed by atoms with van der Waals surface area (Å²) in [5.41, 5.74) is -0.558. The summed E-state index contributed by atoms with van der Waals surface area (Å²) >= 11 is 1.21. The molecular formula is C16H10N2O4S. The predicted molar refractivity (Wildman–Crippen MR) is 87.8 cm³/mol. The van der Waals surface area contributed by atoms with Crippen LogP contribution in [0.15, 0.2) is 70.5 Å². The fraction of sp³-hybridized carbons (Fsp3) is 0. The van der Waals surface area contributed by atoms with Gasteiger partial charge >= 0.3 is 0 Å². The highest BCUT2D eigenvalue weighted by atomic mass is 32.2. The van der Waals surface area contributed by atoms with Crippen molar-refractivity contribution in [3.63, 3.8) is 0 Å². The monoisotopic (exact) mass is 326 g/mol. The number of non-ortho nitro benzene ring substituents is 1. The number of hydrogen-bond acceptors (Lipinski definition) is 5. The summed E-state index contributed by atoms with van der Waals surface area (Å²) in [5, 5.41) is 24.0. The Labute approximate surface area is 135 Å². The molecule has 23 heavy (non-hydrogen) atoms. The number of hydrogen-bond donors (Lipinski definition) is 0. The van der Waals surface area contributed by atoms with Crippen LogP contribution in [0.25, 0.3) is 10.8 Å². The van der Waals surface area contributed by atoms with E-state index in [1.165, 1.54) is 23.9 Å². The highest BCUT2D eigenvalue weighted by Gasteiger charge is 2.20. The van der Waals surface area contributed by atoms with Gasteiger partial charge in [0.2, 0.25) is 0 Å². The Hall–Kier alpha value is -2.93. The van der Waals surface area contributed by atoms with Crippen molar-refractivity contribution in [2.24, 2.45) is 0 Å². The lowest BCUT2D eigenvalue weighted by molar-refractivity contribution is -0.396. The maximum absolute atomic E-state index is 11.2. The summed E-state index contributed by atoms with van der Waals surface area (Å²) in [5.74, 6) is 0. The molecule has 0 radical (unpaired) electrons. The van der Waals surface area contributed by atoms with Crippen LogP contribution in [0.4, 0.5) is 11.4 Å². The van der Waals surface area contributed by atoms with Crippen molar-refractivity contribution in [1.29, 1.82) is 0 Å². The number of nitro benzene ring substituents is 2. The second-order valence-corrected chi connectivity index (χ2v) is 5.89. The second-order valence-electron chi connectivity index (χ2n) is 4.78. The van der Waals surface area contributed by atoms with Crippen molar-refractivity contribution in [2.45, 2.75) is 9.79 Å². The van der Waals surface area contributed by atoms with Crippen LogP contribution in [0.2, 0.25) is 0 Å². The number of nitro groups is 2. The zero-order chi connectivity index (χ0) is 16.4. The van der Waals surface area contributed by atoms with E-state index in [9.17, 15) is 20.2 Å². The van der Waals surface area contributed by atoms with Crippen molar-refractivity contribution in [3.8, 4) is 0 Å². The largest absolute Gasteiger partial charge is 0.290 e. The number of rotatable bonds is 4. The van der Waals surface area contributed by atoms with E-state index in [1.54, 1.807) is 0 Å². The molecule has 114 valence electrons. The maximum Gasteiger partial charge on any atom is 0.290 e. The molecule has 0 saturated heterocycles. The summed E-state index contributed by atoms with van der Waals surface area (Å²) in [6, 6.07) is 17.2. The fourth-order valence-corrected chi connectivity index (χ4v) is 3.16. The summed E-state index contributed by atoms with van der Waals surface area (Å²) in [6.45, 7) is 0. The third-order valence-corrected chi connectivity index (χ3v) is 4.35. The molecule has 0 amide bonds. The summed E-state index contributed by atoms with van der Waals surface area (Å²) in [7, 11) is 0. The van der Waals surface area contributed by atoms with Gasteiger partial charge in [-0.2, -0.15) is 0 Å². The van der Waals surface area contributed by atoms with E-state index < -0.39 is 9.85 Å². The van der Waals surface area contributed by atoms with E-state index in [2.05, 4.69) is 0 Å². The number of nitrogens with zero attached hydrogens (tertiary/aromatic N) is 2. The number of benzene rings is 3. The Kier molecular flexibility index (Phi) is 3.94. The minimum atomic E-state index is -0.641. The Morgan fingerprint density at radius 3 is 2.22 bits per heavy atom. The molecule has 0 bridgehead atoms. The van der Waals surface area contributed by atoms with Gasteiger partial charge in [0.25, 0.3) is 11.4 Å². The first-order valence-corrected chi connectivity index (χ1v) is 7.46. The first-order valence-electron chi connectivity index (χ1n) is 6.64. The molecule has 0 aliphatic rings. The zero-order valence-electron chi connectivity index (χ0n) is 11.7. The summed E-state index contributed by atoms with van der Waals surface area (Å²) in [6.07, 6.45) is 0. The molecule has 0 spiro atoms. The molecule has 0 aliphatic carbocycles.